The van der Waals surface area contributed by atoms with Crippen LogP contribution in [0.25, 0.3) is 0 Å². The Labute approximate surface area is 93.7 Å². The van der Waals surface area contributed by atoms with E-state index in [1.54, 1.807) is 6.07 Å². The van der Waals surface area contributed by atoms with Crippen LogP contribution in [0, 0.1) is 6.92 Å². The lowest BCUT2D eigenvalue weighted by Crippen LogP contribution is -2.35. The molecule has 0 spiro atoms. The standard InChI is InChI=1S/C10H13NO4S/c1-7-4-9(15-5-7)10(12)11-8-2-3-16(13,14)6-8/h4-5,8H,2-3,6H2,1H3,(H,11,12). The average molecular weight is 243 g/mol. The fraction of sp³-hybridized carbons (Fsp3) is 0.500. The van der Waals surface area contributed by atoms with E-state index in [-0.39, 0.29) is 29.2 Å². The Hall–Kier alpha value is -1.30. The van der Waals surface area contributed by atoms with Gasteiger partial charge in [0.15, 0.2) is 15.6 Å². The SMILES string of the molecule is Cc1coc(C(=O)NC2CCS(=O)(=O)C2)c1. The molecule has 1 aliphatic rings. The summed E-state index contributed by atoms with van der Waals surface area (Å²) in [6.07, 6.45) is 1.97. The van der Waals surface area contributed by atoms with Crippen molar-refractivity contribution in [3.63, 3.8) is 0 Å². The molecular formula is C10H13NO4S. The quantitative estimate of drug-likeness (QED) is 0.820. The maximum atomic E-state index is 11.6. The summed E-state index contributed by atoms with van der Waals surface area (Å²) in [4.78, 5) is 11.6. The molecule has 6 heteroatoms. The van der Waals surface area contributed by atoms with Crippen molar-refractivity contribution >= 4 is 15.7 Å². The molecule has 1 aliphatic heterocycles. The number of amides is 1. The van der Waals surface area contributed by atoms with Crippen molar-refractivity contribution in [1.82, 2.24) is 5.32 Å². The van der Waals surface area contributed by atoms with E-state index in [9.17, 15) is 13.2 Å². The van der Waals surface area contributed by atoms with Gasteiger partial charge in [-0.25, -0.2) is 8.42 Å². The Kier molecular flexibility index (Phi) is 2.75. The highest BCUT2D eigenvalue weighted by Gasteiger charge is 2.29. The molecule has 1 aromatic heterocycles. The van der Waals surface area contributed by atoms with Crippen molar-refractivity contribution < 1.29 is 17.6 Å². The van der Waals surface area contributed by atoms with Crippen molar-refractivity contribution in [2.24, 2.45) is 0 Å². The molecule has 0 radical (unpaired) electrons. The summed E-state index contributed by atoms with van der Waals surface area (Å²) in [6.45, 7) is 1.82. The summed E-state index contributed by atoms with van der Waals surface area (Å²) in [5.74, 6) is 0.0464. The number of hydrogen-bond acceptors (Lipinski definition) is 4. The number of carbonyl (C=O) groups excluding carboxylic acids is 1. The lowest BCUT2D eigenvalue weighted by molar-refractivity contribution is 0.0913. The maximum Gasteiger partial charge on any atom is 0.287 e. The predicted molar refractivity (Wildman–Crippen MR) is 58.0 cm³/mol. The van der Waals surface area contributed by atoms with Gasteiger partial charge in [-0.05, 0) is 25.0 Å². The van der Waals surface area contributed by atoms with E-state index in [0.717, 1.165) is 5.56 Å². The monoisotopic (exact) mass is 243 g/mol. The second kappa shape index (κ2) is 3.93. The predicted octanol–water partition coefficient (Wildman–Crippen LogP) is 0.505. The van der Waals surface area contributed by atoms with Gasteiger partial charge in [-0.3, -0.25) is 4.79 Å². The first-order chi connectivity index (χ1) is 7.46. The van der Waals surface area contributed by atoms with Gasteiger partial charge in [-0.2, -0.15) is 0 Å². The zero-order valence-corrected chi connectivity index (χ0v) is 9.71. The highest BCUT2D eigenvalue weighted by atomic mass is 32.2. The second-order valence-corrected chi connectivity index (χ2v) is 6.29. The van der Waals surface area contributed by atoms with Crippen LogP contribution in [0.4, 0.5) is 0 Å². The fourth-order valence-corrected chi connectivity index (χ4v) is 3.39. The van der Waals surface area contributed by atoms with Crippen LogP contribution in [0.3, 0.4) is 0 Å². The van der Waals surface area contributed by atoms with Gasteiger partial charge < -0.3 is 9.73 Å². The molecule has 1 fully saturated rings. The van der Waals surface area contributed by atoms with Gasteiger partial charge in [0.2, 0.25) is 0 Å². The van der Waals surface area contributed by atoms with Crippen LogP contribution in [-0.4, -0.2) is 31.9 Å². The molecule has 1 unspecified atom stereocenters. The van der Waals surface area contributed by atoms with Gasteiger partial charge in [0.05, 0.1) is 17.8 Å². The van der Waals surface area contributed by atoms with Gasteiger partial charge in [0.25, 0.3) is 5.91 Å². The van der Waals surface area contributed by atoms with Crippen LogP contribution in [-0.2, 0) is 9.84 Å². The first-order valence-electron chi connectivity index (χ1n) is 5.03. The molecule has 0 bridgehead atoms. The topological polar surface area (TPSA) is 76.4 Å². The molecule has 1 aromatic rings. The van der Waals surface area contributed by atoms with Gasteiger partial charge in [-0.15, -0.1) is 0 Å². The van der Waals surface area contributed by atoms with E-state index in [4.69, 9.17) is 4.42 Å². The first kappa shape index (κ1) is 11.2. The third-order valence-electron chi connectivity index (χ3n) is 2.52. The van der Waals surface area contributed by atoms with Crippen LogP contribution < -0.4 is 5.32 Å². The fourth-order valence-electron chi connectivity index (χ4n) is 1.72. The number of furan rings is 1. The minimum absolute atomic E-state index is 0.0262. The van der Waals surface area contributed by atoms with E-state index < -0.39 is 9.84 Å². The molecule has 0 saturated carbocycles. The van der Waals surface area contributed by atoms with Crippen LogP contribution in [0.5, 0.6) is 0 Å². The van der Waals surface area contributed by atoms with Gasteiger partial charge in [0, 0.05) is 6.04 Å². The minimum Gasteiger partial charge on any atom is -0.459 e. The van der Waals surface area contributed by atoms with Crippen molar-refractivity contribution in [3.05, 3.63) is 23.7 Å². The number of hydrogen-bond donors (Lipinski definition) is 1. The van der Waals surface area contributed by atoms with Gasteiger partial charge >= 0.3 is 0 Å². The molecule has 0 aliphatic carbocycles. The van der Waals surface area contributed by atoms with Crippen molar-refractivity contribution in [2.45, 2.75) is 19.4 Å². The Balaban J connectivity index is 1.99. The Morgan fingerprint density at radius 1 is 1.56 bits per heavy atom. The molecule has 1 N–H and O–H groups in total. The van der Waals surface area contributed by atoms with Crippen LogP contribution >= 0.6 is 0 Å². The molecular weight excluding hydrogens is 230 g/mol. The molecule has 5 nitrogen and oxygen atoms in total. The third kappa shape index (κ3) is 2.44. The normalized spacial score (nSPS) is 23.2. The minimum atomic E-state index is -2.96. The zero-order valence-electron chi connectivity index (χ0n) is 8.89. The molecule has 88 valence electrons. The Bertz CT molecular complexity index is 503. The lowest BCUT2D eigenvalue weighted by Gasteiger charge is -2.08. The van der Waals surface area contributed by atoms with E-state index in [0.29, 0.717) is 6.42 Å². The van der Waals surface area contributed by atoms with Gasteiger partial charge in [-0.1, -0.05) is 0 Å². The van der Waals surface area contributed by atoms with E-state index in [1.165, 1.54) is 6.26 Å². The highest BCUT2D eigenvalue weighted by molar-refractivity contribution is 7.91. The summed E-state index contributed by atoms with van der Waals surface area (Å²) in [7, 11) is -2.96. The van der Waals surface area contributed by atoms with E-state index in [1.807, 2.05) is 6.92 Å². The first-order valence-corrected chi connectivity index (χ1v) is 6.85. The molecule has 1 amide bonds. The molecule has 0 aromatic carbocycles. The summed E-state index contributed by atoms with van der Waals surface area (Å²) in [5, 5.41) is 2.65. The molecule has 2 heterocycles. The number of rotatable bonds is 2. The second-order valence-electron chi connectivity index (χ2n) is 4.06. The lowest BCUT2D eigenvalue weighted by atomic mass is 10.2. The molecule has 1 saturated heterocycles. The van der Waals surface area contributed by atoms with Crippen LogP contribution in [0.2, 0.25) is 0 Å². The smallest absolute Gasteiger partial charge is 0.287 e. The molecule has 16 heavy (non-hydrogen) atoms. The number of aryl methyl sites for hydroxylation is 1. The number of nitrogens with one attached hydrogen (secondary N) is 1. The van der Waals surface area contributed by atoms with Crippen molar-refractivity contribution in [3.8, 4) is 0 Å². The highest BCUT2D eigenvalue weighted by Crippen LogP contribution is 2.13. The largest absolute Gasteiger partial charge is 0.459 e. The van der Waals surface area contributed by atoms with Crippen LogP contribution in [0.15, 0.2) is 16.7 Å². The number of sulfone groups is 1. The summed E-state index contributed by atoms with van der Waals surface area (Å²) in [5.41, 5.74) is 0.865. The molecule has 1 atom stereocenters. The third-order valence-corrected chi connectivity index (χ3v) is 4.29. The summed E-state index contributed by atoms with van der Waals surface area (Å²) < 4.78 is 27.4. The van der Waals surface area contributed by atoms with Crippen molar-refractivity contribution in [2.75, 3.05) is 11.5 Å². The summed E-state index contributed by atoms with van der Waals surface area (Å²) in [6, 6.07) is 1.33. The van der Waals surface area contributed by atoms with Crippen LogP contribution in [0.1, 0.15) is 22.5 Å². The Morgan fingerprint density at radius 3 is 2.81 bits per heavy atom. The zero-order chi connectivity index (χ0) is 11.8. The molecule has 2 rings (SSSR count). The number of carbonyl (C=O) groups is 1. The summed E-state index contributed by atoms with van der Waals surface area (Å²) >= 11 is 0. The average Bonchev–Trinajstić information content (AvgIpc) is 2.73. The van der Waals surface area contributed by atoms with E-state index in [2.05, 4.69) is 5.32 Å². The maximum absolute atomic E-state index is 11.6. The Morgan fingerprint density at radius 2 is 2.31 bits per heavy atom. The van der Waals surface area contributed by atoms with E-state index >= 15 is 0 Å². The van der Waals surface area contributed by atoms with Gasteiger partial charge in [0.1, 0.15) is 0 Å². The van der Waals surface area contributed by atoms with Crippen molar-refractivity contribution in [1.29, 1.82) is 0 Å².